The van der Waals surface area contributed by atoms with Crippen LogP contribution in [0.5, 0.6) is 0 Å². The maximum atomic E-state index is 9.91. The Kier molecular flexibility index (Phi) is 1.81. The van der Waals surface area contributed by atoms with Gasteiger partial charge in [0, 0.05) is 0 Å². The second kappa shape index (κ2) is 2.77. The van der Waals surface area contributed by atoms with E-state index in [1.165, 1.54) is 0 Å². The lowest BCUT2D eigenvalue weighted by Crippen LogP contribution is -1.89. The third-order valence-electron chi connectivity index (χ3n) is 0.735. The van der Waals surface area contributed by atoms with Crippen molar-refractivity contribution in [1.82, 2.24) is 10.1 Å². The Balaban J connectivity index is 2.77. The fraction of sp³-hybridized carbons (Fsp3) is 0. The summed E-state index contributed by atoms with van der Waals surface area (Å²) < 4.78 is 4.03. The molecule has 0 aliphatic rings. The standard InChI is InChI=1S/C2N5O5/c8-6(9)1-3-2(12-5-1)4-7(10)11/q-1. The first-order valence-electron chi connectivity index (χ1n) is 2.44. The van der Waals surface area contributed by atoms with E-state index in [0.717, 1.165) is 0 Å². The first kappa shape index (κ1) is 7.84. The maximum Gasteiger partial charge on any atom is 0.510 e. The minimum atomic E-state index is -1.10. The summed E-state index contributed by atoms with van der Waals surface area (Å²) in [7, 11) is 0. The molecule has 0 aliphatic heterocycles. The van der Waals surface area contributed by atoms with Crippen LogP contribution in [0.25, 0.3) is 5.43 Å². The lowest BCUT2D eigenvalue weighted by atomic mass is 11.0. The zero-order chi connectivity index (χ0) is 9.14. The van der Waals surface area contributed by atoms with Gasteiger partial charge in [-0.3, -0.25) is 10.1 Å². The monoisotopic (exact) mass is 174 g/mol. The van der Waals surface area contributed by atoms with Crippen LogP contribution in [0.2, 0.25) is 0 Å². The average Bonchev–Trinajstić information content (AvgIpc) is 2.34. The van der Waals surface area contributed by atoms with Gasteiger partial charge in [-0.25, -0.2) is 4.52 Å². The summed E-state index contributed by atoms with van der Waals surface area (Å²) in [6.45, 7) is 0. The van der Waals surface area contributed by atoms with E-state index in [1.807, 2.05) is 0 Å². The summed E-state index contributed by atoms with van der Waals surface area (Å²) in [5, 5.41) is 21.3. The highest BCUT2D eigenvalue weighted by molar-refractivity contribution is 5.23. The number of rotatable bonds is 3. The van der Waals surface area contributed by atoms with Crippen LogP contribution in [-0.4, -0.2) is 20.1 Å². The lowest BCUT2D eigenvalue weighted by molar-refractivity contribution is -0.420. The smallest absolute Gasteiger partial charge is 0.390 e. The fourth-order valence-electron chi connectivity index (χ4n) is 0.393. The number of hydrogen-bond donors (Lipinski definition) is 0. The van der Waals surface area contributed by atoms with Gasteiger partial charge in [0.15, 0.2) is 0 Å². The van der Waals surface area contributed by atoms with Crippen molar-refractivity contribution in [2.75, 3.05) is 0 Å². The highest BCUT2D eigenvalue weighted by Gasteiger charge is 2.18. The van der Waals surface area contributed by atoms with Crippen LogP contribution in [-0.2, 0) is 0 Å². The summed E-state index contributed by atoms with van der Waals surface area (Å²) in [5.41, 5.74) is 2.54. The summed E-state index contributed by atoms with van der Waals surface area (Å²) in [5.74, 6) is -0.865. The van der Waals surface area contributed by atoms with Crippen LogP contribution >= 0.6 is 0 Å². The van der Waals surface area contributed by atoms with Gasteiger partial charge >= 0.3 is 12.0 Å². The molecule has 0 unspecified atom stereocenters. The summed E-state index contributed by atoms with van der Waals surface area (Å²) in [6.07, 6.45) is 0. The lowest BCUT2D eigenvalue weighted by Gasteiger charge is -1.84. The molecule has 0 amide bonds. The van der Waals surface area contributed by atoms with E-state index in [-0.39, 0.29) is 0 Å². The molecular weight excluding hydrogens is 174 g/mol. The topological polar surface area (TPSA) is 139 Å². The van der Waals surface area contributed by atoms with Gasteiger partial charge in [-0.1, -0.05) is 5.43 Å². The molecule has 12 heavy (non-hydrogen) atoms. The molecule has 1 heterocycles. The molecule has 0 radical (unpaired) electrons. The summed E-state index contributed by atoms with van der Waals surface area (Å²) in [4.78, 5) is 21.6. The molecule has 10 heteroatoms. The molecular formula is C2N5O5-. The van der Waals surface area contributed by atoms with Crippen LogP contribution in [0.15, 0.2) is 4.52 Å². The van der Waals surface area contributed by atoms with Gasteiger partial charge in [0.1, 0.15) is 5.16 Å². The molecule has 0 saturated heterocycles. The number of aromatic nitrogens is 2. The zero-order valence-electron chi connectivity index (χ0n) is 5.28. The van der Waals surface area contributed by atoms with Crippen molar-refractivity contribution in [2.24, 2.45) is 0 Å². The van der Waals surface area contributed by atoms with Crippen molar-refractivity contribution in [3.8, 4) is 0 Å². The molecule has 64 valence electrons. The van der Waals surface area contributed by atoms with E-state index in [9.17, 15) is 20.2 Å². The Morgan fingerprint density at radius 3 is 2.50 bits per heavy atom. The second-order valence-electron chi connectivity index (χ2n) is 1.47. The summed E-state index contributed by atoms with van der Waals surface area (Å²) in [6, 6.07) is -0.758. The Bertz CT molecular complexity index is 317. The Morgan fingerprint density at radius 2 is 2.08 bits per heavy atom. The van der Waals surface area contributed by atoms with Gasteiger partial charge in [0.2, 0.25) is 0 Å². The number of nitro groups is 2. The highest BCUT2D eigenvalue weighted by atomic mass is 16.7. The Hall–Kier alpha value is -2.26. The largest absolute Gasteiger partial charge is 0.510 e. The van der Waals surface area contributed by atoms with Crippen LogP contribution in [0.1, 0.15) is 0 Å². The number of nitrogens with zero attached hydrogens (tertiary/aromatic N) is 5. The van der Waals surface area contributed by atoms with Gasteiger partial charge in [-0.05, 0) is 9.91 Å². The number of hydrogen-bond acceptors (Lipinski definition) is 7. The summed E-state index contributed by atoms with van der Waals surface area (Å²) >= 11 is 0. The first-order chi connectivity index (χ1) is 5.59. The van der Waals surface area contributed by atoms with Crippen LogP contribution < -0.4 is 0 Å². The highest BCUT2D eigenvalue weighted by Crippen LogP contribution is 2.16. The minimum Gasteiger partial charge on any atom is -0.390 e. The average molecular weight is 174 g/mol. The fourth-order valence-corrected chi connectivity index (χ4v) is 0.393. The molecule has 0 aromatic carbocycles. The van der Waals surface area contributed by atoms with Crippen molar-refractivity contribution < 1.29 is 14.5 Å². The van der Waals surface area contributed by atoms with E-state index in [1.54, 1.807) is 0 Å². The maximum absolute atomic E-state index is 9.91. The predicted molar refractivity (Wildman–Crippen MR) is 31.0 cm³/mol. The van der Waals surface area contributed by atoms with Crippen LogP contribution in [0.4, 0.5) is 12.0 Å². The van der Waals surface area contributed by atoms with Crippen molar-refractivity contribution in [3.05, 3.63) is 25.7 Å². The van der Waals surface area contributed by atoms with E-state index >= 15 is 0 Å². The molecule has 1 rings (SSSR count). The molecule has 0 spiro atoms. The molecule has 10 nitrogen and oxygen atoms in total. The molecule has 1 aromatic rings. The van der Waals surface area contributed by atoms with Crippen molar-refractivity contribution in [2.45, 2.75) is 0 Å². The van der Waals surface area contributed by atoms with Gasteiger partial charge in [-0.2, -0.15) is 0 Å². The molecule has 0 N–H and O–H groups in total. The third-order valence-corrected chi connectivity index (χ3v) is 0.735. The van der Waals surface area contributed by atoms with Crippen molar-refractivity contribution in [1.29, 1.82) is 0 Å². The quantitative estimate of drug-likeness (QED) is 0.469. The van der Waals surface area contributed by atoms with Crippen molar-refractivity contribution in [3.63, 3.8) is 0 Å². The molecule has 0 saturated carbocycles. The SMILES string of the molecule is O=[N+]([O-])[N-]c1nc([N+](=O)[O-])no1. The van der Waals surface area contributed by atoms with E-state index in [2.05, 4.69) is 20.1 Å². The molecule has 0 fully saturated rings. The van der Waals surface area contributed by atoms with Gasteiger partial charge in [0.25, 0.3) is 0 Å². The minimum absolute atomic E-state index is 0.758. The second-order valence-corrected chi connectivity index (χ2v) is 1.47. The van der Waals surface area contributed by atoms with Crippen LogP contribution in [0, 0.1) is 20.2 Å². The van der Waals surface area contributed by atoms with Crippen LogP contribution in [0.3, 0.4) is 0 Å². The normalized spacial score (nSPS) is 9.33. The molecule has 0 aliphatic carbocycles. The predicted octanol–water partition coefficient (Wildman–Crippen LogP) is 0.175. The van der Waals surface area contributed by atoms with Gasteiger partial charge < -0.3 is 10.1 Å². The Labute approximate surface area is 63.4 Å². The van der Waals surface area contributed by atoms with Crippen molar-refractivity contribution >= 4 is 12.0 Å². The molecule has 1 aromatic heterocycles. The van der Waals surface area contributed by atoms with E-state index in [4.69, 9.17) is 0 Å². The van der Waals surface area contributed by atoms with Gasteiger partial charge in [-0.15, -0.1) is 0 Å². The zero-order valence-corrected chi connectivity index (χ0v) is 5.28. The van der Waals surface area contributed by atoms with E-state index < -0.39 is 21.9 Å². The van der Waals surface area contributed by atoms with Gasteiger partial charge in [0.05, 0.1) is 5.03 Å². The third kappa shape index (κ3) is 1.62. The molecule has 0 bridgehead atoms. The Morgan fingerprint density at radius 1 is 1.42 bits per heavy atom. The molecule has 0 atom stereocenters. The van der Waals surface area contributed by atoms with E-state index in [0.29, 0.717) is 0 Å². The first-order valence-corrected chi connectivity index (χ1v) is 2.44.